The van der Waals surface area contributed by atoms with Gasteiger partial charge in [0.1, 0.15) is 0 Å². The third-order valence-electron chi connectivity index (χ3n) is 5.66. The number of rotatable bonds is 7. The lowest BCUT2D eigenvalue weighted by atomic mass is 10.0. The molecule has 1 saturated carbocycles. The summed E-state index contributed by atoms with van der Waals surface area (Å²) in [5, 5.41) is 0. The van der Waals surface area contributed by atoms with Crippen LogP contribution in [0, 0.1) is 0 Å². The van der Waals surface area contributed by atoms with Crippen LogP contribution in [0.1, 0.15) is 35.1 Å². The fourth-order valence-electron chi connectivity index (χ4n) is 3.79. The number of nitrogens with zero attached hydrogens (tertiary/aromatic N) is 1. The molecular formula is C25H24F3NO. The fourth-order valence-corrected chi connectivity index (χ4v) is 3.79. The second-order valence-corrected chi connectivity index (χ2v) is 7.79. The Bertz CT molecular complexity index is 941. The van der Waals surface area contributed by atoms with Crippen molar-refractivity contribution in [3.05, 3.63) is 101 Å². The molecule has 3 aromatic carbocycles. The van der Waals surface area contributed by atoms with E-state index in [9.17, 15) is 13.2 Å². The summed E-state index contributed by atoms with van der Waals surface area (Å²) in [5.74, 6) is 0. The zero-order valence-electron chi connectivity index (χ0n) is 16.8. The van der Waals surface area contributed by atoms with Gasteiger partial charge in [-0.15, -0.1) is 0 Å². The molecule has 4 rings (SSSR count). The molecule has 30 heavy (non-hydrogen) atoms. The van der Waals surface area contributed by atoms with Crippen LogP contribution in [0.25, 0.3) is 0 Å². The van der Waals surface area contributed by atoms with Gasteiger partial charge in [-0.2, -0.15) is 13.2 Å². The Hall–Kier alpha value is -2.79. The molecule has 5 heteroatoms. The average molecular weight is 411 g/mol. The van der Waals surface area contributed by atoms with E-state index in [1.165, 1.54) is 12.1 Å². The van der Waals surface area contributed by atoms with Crippen LogP contribution < -0.4 is 4.90 Å². The summed E-state index contributed by atoms with van der Waals surface area (Å²) in [5.41, 5.74) is 2.00. The maximum Gasteiger partial charge on any atom is 0.416 e. The van der Waals surface area contributed by atoms with Crippen LogP contribution >= 0.6 is 0 Å². The summed E-state index contributed by atoms with van der Waals surface area (Å²) in [4.78, 5) is 2.00. The lowest BCUT2D eigenvalue weighted by Crippen LogP contribution is -2.24. The molecule has 0 aromatic heterocycles. The molecule has 0 unspecified atom stereocenters. The van der Waals surface area contributed by atoms with E-state index in [0.29, 0.717) is 24.3 Å². The lowest BCUT2D eigenvalue weighted by Gasteiger charge is -2.28. The van der Waals surface area contributed by atoms with E-state index in [-0.39, 0.29) is 0 Å². The molecule has 0 N–H and O–H groups in total. The van der Waals surface area contributed by atoms with E-state index in [1.54, 1.807) is 7.11 Å². The standard InChI is InChI=1S/C25H24F3NO/c1-30-24(12-13-24)21-14-22(25(26,27)28)16-23(15-21)29(17-19-8-4-2-5-9-19)18-20-10-6-3-7-11-20/h2-11,14-16H,12-13,17-18H2,1H3. The summed E-state index contributed by atoms with van der Waals surface area (Å²) in [7, 11) is 1.57. The molecule has 156 valence electrons. The van der Waals surface area contributed by atoms with Gasteiger partial charge in [-0.25, -0.2) is 0 Å². The van der Waals surface area contributed by atoms with Gasteiger partial charge in [0.2, 0.25) is 0 Å². The van der Waals surface area contributed by atoms with Crippen molar-refractivity contribution in [2.24, 2.45) is 0 Å². The third-order valence-corrected chi connectivity index (χ3v) is 5.66. The third kappa shape index (κ3) is 4.51. The highest BCUT2D eigenvalue weighted by atomic mass is 19.4. The van der Waals surface area contributed by atoms with Gasteiger partial charge in [-0.3, -0.25) is 0 Å². The average Bonchev–Trinajstić information content (AvgIpc) is 3.55. The summed E-state index contributed by atoms with van der Waals surface area (Å²) in [6, 6.07) is 23.9. The molecule has 1 aliphatic rings. The monoisotopic (exact) mass is 411 g/mol. The zero-order chi connectivity index (χ0) is 21.2. The number of methoxy groups -OCH3 is 1. The first-order valence-corrected chi connectivity index (χ1v) is 10.0. The lowest BCUT2D eigenvalue weighted by molar-refractivity contribution is -0.137. The van der Waals surface area contributed by atoms with Crippen molar-refractivity contribution in [1.82, 2.24) is 0 Å². The van der Waals surface area contributed by atoms with Gasteiger partial charge in [0.25, 0.3) is 0 Å². The molecule has 0 saturated heterocycles. The first kappa shape index (κ1) is 20.5. The molecule has 0 spiro atoms. The van der Waals surface area contributed by atoms with Crippen LogP contribution in [-0.4, -0.2) is 7.11 Å². The first-order chi connectivity index (χ1) is 14.4. The maximum absolute atomic E-state index is 13.7. The molecule has 2 nitrogen and oxygen atoms in total. The first-order valence-electron chi connectivity index (χ1n) is 10.0. The Kier molecular flexibility index (Phi) is 5.56. The molecule has 0 bridgehead atoms. The number of ether oxygens (including phenoxy) is 1. The maximum atomic E-state index is 13.7. The van der Waals surface area contributed by atoms with E-state index in [4.69, 9.17) is 4.74 Å². The van der Waals surface area contributed by atoms with Gasteiger partial charge in [0.15, 0.2) is 0 Å². The van der Waals surface area contributed by atoms with Crippen molar-refractivity contribution in [1.29, 1.82) is 0 Å². The van der Waals surface area contributed by atoms with E-state index < -0.39 is 17.3 Å². The van der Waals surface area contributed by atoms with Gasteiger partial charge in [-0.05, 0) is 47.7 Å². The van der Waals surface area contributed by atoms with Crippen LogP contribution in [0.3, 0.4) is 0 Å². The number of hydrogen-bond donors (Lipinski definition) is 0. The molecular weight excluding hydrogens is 387 g/mol. The number of halogens is 3. The molecule has 0 aliphatic heterocycles. The highest BCUT2D eigenvalue weighted by Gasteiger charge is 2.46. The highest BCUT2D eigenvalue weighted by Crippen LogP contribution is 2.50. The number of alkyl halides is 3. The Morgan fingerprint density at radius 1 is 0.833 bits per heavy atom. The second-order valence-electron chi connectivity index (χ2n) is 7.79. The van der Waals surface area contributed by atoms with Gasteiger partial charge >= 0.3 is 6.18 Å². The van der Waals surface area contributed by atoms with Gasteiger partial charge in [0.05, 0.1) is 11.2 Å². The van der Waals surface area contributed by atoms with Crippen molar-refractivity contribution in [3.8, 4) is 0 Å². The minimum absolute atomic E-state index is 0.510. The Labute approximate surface area is 174 Å². The highest BCUT2D eigenvalue weighted by molar-refractivity contribution is 5.55. The van der Waals surface area contributed by atoms with Gasteiger partial charge in [-0.1, -0.05) is 60.7 Å². The molecule has 0 heterocycles. The second kappa shape index (κ2) is 8.15. The normalized spacial score (nSPS) is 15.1. The molecule has 1 fully saturated rings. The molecule has 3 aromatic rings. The van der Waals surface area contributed by atoms with Crippen LogP contribution in [0.15, 0.2) is 78.9 Å². The van der Waals surface area contributed by atoms with Crippen LogP contribution in [0.5, 0.6) is 0 Å². The van der Waals surface area contributed by atoms with E-state index >= 15 is 0 Å². The number of anilines is 1. The van der Waals surface area contributed by atoms with Crippen molar-refractivity contribution in [2.75, 3.05) is 12.0 Å². The van der Waals surface area contributed by atoms with E-state index in [2.05, 4.69) is 0 Å². The van der Waals surface area contributed by atoms with Crippen molar-refractivity contribution >= 4 is 5.69 Å². The van der Waals surface area contributed by atoms with Crippen molar-refractivity contribution < 1.29 is 17.9 Å². The smallest absolute Gasteiger partial charge is 0.374 e. The Morgan fingerprint density at radius 2 is 1.37 bits per heavy atom. The number of hydrogen-bond acceptors (Lipinski definition) is 2. The largest absolute Gasteiger partial charge is 0.416 e. The quantitative estimate of drug-likeness (QED) is 0.437. The summed E-state index contributed by atoms with van der Waals surface area (Å²) in [6.45, 7) is 1.02. The van der Waals surface area contributed by atoms with Crippen molar-refractivity contribution in [2.45, 2.75) is 37.7 Å². The summed E-state index contributed by atoms with van der Waals surface area (Å²) < 4.78 is 46.7. The van der Waals surface area contributed by atoms with Crippen LogP contribution in [0.4, 0.5) is 18.9 Å². The predicted molar refractivity (Wildman–Crippen MR) is 112 cm³/mol. The van der Waals surface area contributed by atoms with Crippen LogP contribution in [-0.2, 0) is 29.6 Å². The molecule has 1 aliphatic carbocycles. The van der Waals surface area contributed by atoms with Crippen LogP contribution in [0.2, 0.25) is 0 Å². The Balaban J connectivity index is 1.77. The SMILES string of the molecule is COC1(c2cc(N(Cc3ccccc3)Cc3ccccc3)cc(C(F)(F)F)c2)CC1. The van der Waals surface area contributed by atoms with E-state index in [1.807, 2.05) is 71.6 Å². The molecule has 0 atom stereocenters. The zero-order valence-corrected chi connectivity index (χ0v) is 16.8. The summed E-state index contributed by atoms with van der Waals surface area (Å²) >= 11 is 0. The van der Waals surface area contributed by atoms with Crippen molar-refractivity contribution in [3.63, 3.8) is 0 Å². The topological polar surface area (TPSA) is 12.5 Å². The van der Waals surface area contributed by atoms with Gasteiger partial charge < -0.3 is 9.64 Å². The predicted octanol–water partition coefficient (Wildman–Crippen LogP) is 6.55. The minimum Gasteiger partial charge on any atom is -0.374 e. The number of benzene rings is 3. The molecule has 0 amide bonds. The fraction of sp³-hybridized carbons (Fsp3) is 0.280. The van der Waals surface area contributed by atoms with Gasteiger partial charge in [0, 0.05) is 25.9 Å². The Morgan fingerprint density at radius 3 is 1.80 bits per heavy atom. The summed E-state index contributed by atoms with van der Waals surface area (Å²) in [6.07, 6.45) is -2.94. The minimum atomic E-state index is -4.42. The molecule has 0 radical (unpaired) electrons. The van der Waals surface area contributed by atoms with E-state index in [0.717, 1.165) is 24.0 Å².